The quantitative estimate of drug-likeness (QED) is 0.384. The van der Waals surface area contributed by atoms with Gasteiger partial charge >= 0.3 is 0 Å². The van der Waals surface area contributed by atoms with Gasteiger partial charge in [0.1, 0.15) is 5.82 Å². The van der Waals surface area contributed by atoms with Gasteiger partial charge in [0.15, 0.2) is 0 Å². The smallest absolute Gasteiger partial charge is 0.123 e. The summed E-state index contributed by atoms with van der Waals surface area (Å²) in [6.45, 7) is 0. The summed E-state index contributed by atoms with van der Waals surface area (Å²) in [7, 11) is 2.01. The molecule has 4 rings (SSSR count). The van der Waals surface area contributed by atoms with Crippen molar-refractivity contribution in [2.45, 2.75) is 0 Å². The summed E-state index contributed by atoms with van der Waals surface area (Å²) in [5.74, 6) is -0.227. The summed E-state index contributed by atoms with van der Waals surface area (Å²) in [4.78, 5) is 2.09. The van der Waals surface area contributed by atoms with Crippen molar-refractivity contribution < 1.29 is 4.39 Å². The molecule has 0 aliphatic rings. The largest absolute Gasteiger partial charge is 0.344 e. The van der Waals surface area contributed by atoms with E-state index >= 15 is 0 Å². The third kappa shape index (κ3) is 3.61. The van der Waals surface area contributed by atoms with Crippen molar-refractivity contribution in [3.63, 3.8) is 0 Å². The average Bonchev–Trinajstić information content (AvgIpc) is 2.75. The van der Waals surface area contributed by atoms with Crippen molar-refractivity contribution in [3.8, 4) is 22.3 Å². The van der Waals surface area contributed by atoms with E-state index in [1.54, 1.807) is 12.1 Å². The van der Waals surface area contributed by atoms with Gasteiger partial charge < -0.3 is 4.90 Å². The lowest BCUT2D eigenvalue weighted by Gasteiger charge is -2.24. The fourth-order valence-corrected chi connectivity index (χ4v) is 3.29. The van der Waals surface area contributed by atoms with E-state index in [1.807, 2.05) is 31.3 Å². The first-order chi connectivity index (χ1) is 13.2. The maximum absolute atomic E-state index is 13.3. The third-order valence-electron chi connectivity index (χ3n) is 4.76. The number of hydrogen-bond acceptors (Lipinski definition) is 1. The topological polar surface area (TPSA) is 3.24 Å². The van der Waals surface area contributed by atoms with Crippen LogP contribution >= 0.6 is 0 Å². The highest BCUT2D eigenvalue weighted by Gasteiger charge is 2.13. The van der Waals surface area contributed by atoms with Crippen LogP contribution in [-0.4, -0.2) is 7.05 Å². The highest BCUT2D eigenvalue weighted by molar-refractivity contribution is 5.86. The molecule has 0 amide bonds. The van der Waals surface area contributed by atoms with Gasteiger partial charge in [0.2, 0.25) is 0 Å². The third-order valence-corrected chi connectivity index (χ3v) is 4.76. The first kappa shape index (κ1) is 17.0. The molecule has 2 heteroatoms. The lowest BCUT2D eigenvalue weighted by atomic mass is 9.96. The molecule has 0 saturated heterocycles. The minimum absolute atomic E-state index is 0.227. The van der Waals surface area contributed by atoms with Gasteiger partial charge in [0.25, 0.3) is 0 Å². The number of anilines is 2. The molecule has 4 aromatic carbocycles. The first-order valence-electron chi connectivity index (χ1n) is 8.96. The molecule has 0 heterocycles. The Morgan fingerprint density at radius 1 is 0.593 bits per heavy atom. The maximum atomic E-state index is 13.3. The van der Waals surface area contributed by atoms with E-state index in [4.69, 9.17) is 0 Å². The Labute approximate surface area is 159 Å². The molecule has 0 radical (unpaired) electrons. The van der Waals surface area contributed by atoms with Crippen LogP contribution in [0.5, 0.6) is 0 Å². The normalized spacial score (nSPS) is 10.6. The lowest BCUT2D eigenvalue weighted by Crippen LogP contribution is -2.10. The molecule has 0 fully saturated rings. The predicted octanol–water partition coefficient (Wildman–Crippen LogP) is 6.93. The second-order valence-corrected chi connectivity index (χ2v) is 6.50. The van der Waals surface area contributed by atoms with E-state index in [0.717, 1.165) is 22.5 Å². The number of halogens is 1. The monoisotopic (exact) mass is 353 g/mol. The molecule has 1 nitrogen and oxygen atoms in total. The highest BCUT2D eigenvalue weighted by atomic mass is 19.1. The molecule has 0 aromatic heterocycles. The van der Waals surface area contributed by atoms with E-state index in [2.05, 4.69) is 59.5 Å². The SMILES string of the molecule is CN(c1ccc(F)cc1)c1ccc(-c2ccccc2)cc1-c1ccccc1. The van der Waals surface area contributed by atoms with Gasteiger partial charge in [-0.15, -0.1) is 0 Å². The van der Waals surface area contributed by atoms with E-state index < -0.39 is 0 Å². The second kappa shape index (κ2) is 7.46. The van der Waals surface area contributed by atoms with E-state index in [-0.39, 0.29) is 5.82 Å². The molecular weight excluding hydrogens is 333 g/mol. The molecule has 132 valence electrons. The molecule has 0 N–H and O–H groups in total. The summed E-state index contributed by atoms with van der Waals surface area (Å²) in [6, 6.07) is 33.8. The number of rotatable bonds is 4. The Balaban J connectivity index is 1.84. The summed E-state index contributed by atoms with van der Waals surface area (Å²) in [6.07, 6.45) is 0. The summed E-state index contributed by atoms with van der Waals surface area (Å²) >= 11 is 0. The van der Waals surface area contributed by atoms with Crippen LogP contribution in [0.15, 0.2) is 103 Å². The van der Waals surface area contributed by atoms with Crippen molar-refractivity contribution in [3.05, 3.63) is 109 Å². The maximum Gasteiger partial charge on any atom is 0.123 e. The molecular formula is C25H20FN. The predicted molar refractivity (Wildman–Crippen MR) is 112 cm³/mol. The Morgan fingerprint density at radius 3 is 1.81 bits per heavy atom. The summed E-state index contributed by atoms with van der Waals surface area (Å²) in [5, 5.41) is 0. The number of benzene rings is 4. The van der Waals surface area contributed by atoms with Crippen LogP contribution < -0.4 is 4.90 Å². The van der Waals surface area contributed by atoms with Crippen molar-refractivity contribution in [1.29, 1.82) is 0 Å². The minimum Gasteiger partial charge on any atom is -0.344 e. The Kier molecular flexibility index (Phi) is 4.71. The number of nitrogens with zero attached hydrogens (tertiary/aromatic N) is 1. The van der Waals surface area contributed by atoms with Crippen LogP contribution in [0.3, 0.4) is 0 Å². The van der Waals surface area contributed by atoms with Gasteiger partial charge in [0.05, 0.1) is 0 Å². The average molecular weight is 353 g/mol. The van der Waals surface area contributed by atoms with Crippen LogP contribution in [0.1, 0.15) is 0 Å². The first-order valence-corrected chi connectivity index (χ1v) is 8.96. The molecule has 27 heavy (non-hydrogen) atoms. The van der Waals surface area contributed by atoms with Crippen molar-refractivity contribution in [1.82, 2.24) is 0 Å². The summed E-state index contributed by atoms with van der Waals surface area (Å²) in [5.41, 5.74) is 6.67. The molecule has 0 saturated carbocycles. The van der Waals surface area contributed by atoms with Crippen molar-refractivity contribution in [2.75, 3.05) is 11.9 Å². The summed E-state index contributed by atoms with van der Waals surface area (Å²) < 4.78 is 13.3. The van der Waals surface area contributed by atoms with Crippen LogP contribution in [0.25, 0.3) is 22.3 Å². The van der Waals surface area contributed by atoms with Gasteiger partial charge in [-0.3, -0.25) is 0 Å². The Bertz CT molecular complexity index is 1020. The molecule has 0 atom stereocenters. The van der Waals surface area contributed by atoms with Gasteiger partial charge in [-0.25, -0.2) is 4.39 Å². The zero-order valence-electron chi connectivity index (χ0n) is 15.1. The van der Waals surface area contributed by atoms with Crippen molar-refractivity contribution in [2.24, 2.45) is 0 Å². The fourth-order valence-electron chi connectivity index (χ4n) is 3.29. The van der Waals surface area contributed by atoms with Crippen molar-refractivity contribution >= 4 is 11.4 Å². The number of hydrogen-bond donors (Lipinski definition) is 0. The Morgan fingerprint density at radius 2 is 1.19 bits per heavy atom. The van der Waals surface area contributed by atoms with Gasteiger partial charge in [0, 0.05) is 24.0 Å². The van der Waals surface area contributed by atoms with Gasteiger partial charge in [-0.2, -0.15) is 0 Å². The van der Waals surface area contributed by atoms with Crippen LogP contribution in [0.2, 0.25) is 0 Å². The fraction of sp³-hybridized carbons (Fsp3) is 0.0400. The minimum atomic E-state index is -0.227. The molecule has 0 unspecified atom stereocenters. The molecule has 0 bridgehead atoms. The lowest BCUT2D eigenvalue weighted by molar-refractivity contribution is 0.628. The second-order valence-electron chi connectivity index (χ2n) is 6.50. The molecule has 0 spiro atoms. The zero-order chi connectivity index (χ0) is 18.6. The van der Waals surface area contributed by atoms with Crippen LogP contribution in [-0.2, 0) is 0 Å². The van der Waals surface area contributed by atoms with E-state index in [1.165, 1.54) is 23.3 Å². The van der Waals surface area contributed by atoms with Crippen LogP contribution in [0, 0.1) is 5.82 Å². The molecule has 4 aromatic rings. The van der Waals surface area contributed by atoms with Gasteiger partial charge in [-0.1, -0.05) is 66.7 Å². The highest BCUT2D eigenvalue weighted by Crippen LogP contribution is 2.37. The zero-order valence-corrected chi connectivity index (χ0v) is 15.1. The molecule has 0 aliphatic carbocycles. The van der Waals surface area contributed by atoms with E-state index in [9.17, 15) is 4.39 Å². The standard InChI is InChI=1S/C25H20FN/c1-27(23-15-13-22(26)14-16-23)25-17-12-21(19-8-4-2-5-9-19)18-24(25)20-10-6-3-7-11-20/h2-18H,1H3. The van der Waals surface area contributed by atoms with Crippen LogP contribution in [0.4, 0.5) is 15.8 Å². The molecule has 0 aliphatic heterocycles. The Hall–Kier alpha value is -3.39. The van der Waals surface area contributed by atoms with E-state index in [0.29, 0.717) is 0 Å². The van der Waals surface area contributed by atoms with Gasteiger partial charge in [-0.05, 0) is 53.1 Å².